The Hall–Kier alpha value is -2.80. The standard InChI is InChI=1S/C21H16N/c1-16-21(17-10-4-2-5-11-17)19-14-8-9-15-20(19)22(16)18-12-6-3-7-13-18/h2-10,12-15H,1H3. The second kappa shape index (κ2) is 5.19. The van der Waals surface area contributed by atoms with Gasteiger partial charge < -0.3 is 4.57 Å². The molecule has 0 saturated carbocycles. The Morgan fingerprint density at radius 1 is 0.773 bits per heavy atom. The van der Waals surface area contributed by atoms with Gasteiger partial charge in [0.2, 0.25) is 0 Å². The second-order valence-electron chi connectivity index (χ2n) is 5.42. The maximum absolute atomic E-state index is 3.37. The van der Waals surface area contributed by atoms with Gasteiger partial charge in [0, 0.05) is 22.3 Å². The van der Waals surface area contributed by atoms with E-state index in [9.17, 15) is 0 Å². The molecule has 1 heterocycles. The van der Waals surface area contributed by atoms with E-state index in [0.29, 0.717) is 0 Å². The molecule has 3 aromatic carbocycles. The SMILES string of the molecule is Cc1c(-c2[c]cccc2)c2ccccc2n1-c1ccccc1. The minimum absolute atomic E-state index is 1.14. The molecule has 1 aromatic heterocycles. The van der Waals surface area contributed by atoms with Crippen LogP contribution in [0.5, 0.6) is 0 Å². The minimum atomic E-state index is 1.14. The van der Waals surface area contributed by atoms with Gasteiger partial charge >= 0.3 is 0 Å². The van der Waals surface area contributed by atoms with Crippen molar-refractivity contribution in [2.24, 2.45) is 0 Å². The van der Waals surface area contributed by atoms with Crippen LogP contribution in [0, 0.1) is 13.0 Å². The number of rotatable bonds is 2. The van der Waals surface area contributed by atoms with Crippen LogP contribution in [0.2, 0.25) is 0 Å². The van der Waals surface area contributed by atoms with Crippen molar-refractivity contribution in [1.82, 2.24) is 4.57 Å². The van der Waals surface area contributed by atoms with E-state index in [4.69, 9.17) is 0 Å². The Morgan fingerprint density at radius 3 is 2.27 bits per heavy atom. The van der Waals surface area contributed by atoms with E-state index in [2.05, 4.69) is 84.3 Å². The summed E-state index contributed by atoms with van der Waals surface area (Å²) in [5.41, 5.74) is 6.08. The van der Waals surface area contributed by atoms with E-state index in [1.54, 1.807) is 0 Å². The number of benzene rings is 3. The smallest absolute Gasteiger partial charge is 0.0537 e. The van der Waals surface area contributed by atoms with Gasteiger partial charge in [0.15, 0.2) is 0 Å². The molecule has 0 fully saturated rings. The van der Waals surface area contributed by atoms with E-state index in [0.717, 1.165) is 5.56 Å². The monoisotopic (exact) mass is 282 g/mol. The molecule has 22 heavy (non-hydrogen) atoms. The highest BCUT2D eigenvalue weighted by Gasteiger charge is 2.15. The molecule has 1 nitrogen and oxygen atoms in total. The molecule has 1 radical (unpaired) electrons. The van der Waals surface area contributed by atoms with E-state index in [1.165, 1.54) is 27.8 Å². The lowest BCUT2D eigenvalue weighted by atomic mass is 10.0. The molecule has 105 valence electrons. The Kier molecular flexibility index (Phi) is 3.05. The Balaban J connectivity index is 2.10. The Morgan fingerprint density at radius 2 is 1.50 bits per heavy atom. The van der Waals surface area contributed by atoms with Crippen LogP contribution < -0.4 is 0 Å². The van der Waals surface area contributed by atoms with Gasteiger partial charge in [-0.3, -0.25) is 0 Å². The summed E-state index contributed by atoms with van der Waals surface area (Å²) in [6.07, 6.45) is 0. The summed E-state index contributed by atoms with van der Waals surface area (Å²) in [6.45, 7) is 2.18. The number of fused-ring (bicyclic) bond motifs is 1. The van der Waals surface area contributed by atoms with Crippen molar-refractivity contribution in [2.75, 3.05) is 0 Å². The molecular weight excluding hydrogens is 266 g/mol. The molecule has 0 spiro atoms. The molecule has 0 bridgehead atoms. The van der Waals surface area contributed by atoms with Gasteiger partial charge in [-0.25, -0.2) is 0 Å². The van der Waals surface area contributed by atoms with Gasteiger partial charge in [-0.15, -0.1) is 0 Å². The number of aromatic nitrogens is 1. The largest absolute Gasteiger partial charge is 0.313 e. The fraction of sp³-hybridized carbons (Fsp3) is 0.0476. The predicted octanol–water partition coefficient (Wildman–Crippen LogP) is 5.41. The lowest BCUT2D eigenvalue weighted by Gasteiger charge is -2.08. The third kappa shape index (κ3) is 1.94. The van der Waals surface area contributed by atoms with Gasteiger partial charge in [0.25, 0.3) is 0 Å². The minimum Gasteiger partial charge on any atom is -0.313 e. The van der Waals surface area contributed by atoms with E-state index >= 15 is 0 Å². The van der Waals surface area contributed by atoms with E-state index in [-0.39, 0.29) is 0 Å². The van der Waals surface area contributed by atoms with Crippen molar-refractivity contribution < 1.29 is 0 Å². The summed E-state index contributed by atoms with van der Waals surface area (Å²) in [4.78, 5) is 0. The van der Waals surface area contributed by atoms with Crippen molar-refractivity contribution in [3.05, 3.63) is 90.6 Å². The van der Waals surface area contributed by atoms with Gasteiger partial charge in [-0.1, -0.05) is 60.7 Å². The van der Waals surface area contributed by atoms with Crippen molar-refractivity contribution in [3.63, 3.8) is 0 Å². The van der Waals surface area contributed by atoms with Crippen LogP contribution in [0.3, 0.4) is 0 Å². The number of para-hydroxylation sites is 2. The van der Waals surface area contributed by atoms with Crippen LogP contribution in [0.15, 0.2) is 78.9 Å². The first-order valence-corrected chi connectivity index (χ1v) is 7.49. The van der Waals surface area contributed by atoms with Crippen molar-refractivity contribution in [1.29, 1.82) is 0 Å². The van der Waals surface area contributed by atoms with Crippen LogP contribution in [0.25, 0.3) is 27.7 Å². The van der Waals surface area contributed by atoms with Gasteiger partial charge in [-0.2, -0.15) is 0 Å². The summed E-state index contributed by atoms with van der Waals surface area (Å²) in [7, 11) is 0. The fourth-order valence-corrected chi connectivity index (χ4v) is 3.17. The summed E-state index contributed by atoms with van der Waals surface area (Å²) in [5.74, 6) is 0. The highest BCUT2D eigenvalue weighted by atomic mass is 15.0. The molecule has 0 aliphatic rings. The molecular formula is C21H16N. The van der Waals surface area contributed by atoms with Crippen molar-refractivity contribution in [3.8, 4) is 16.8 Å². The molecule has 0 N–H and O–H groups in total. The van der Waals surface area contributed by atoms with Crippen LogP contribution in [0.4, 0.5) is 0 Å². The highest BCUT2D eigenvalue weighted by molar-refractivity contribution is 5.99. The Labute approximate surface area is 130 Å². The first-order chi connectivity index (χ1) is 10.9. The lowest BCUT2D eigenvalue weighted by Crippen LogP contribution is -1.96. The van der Waals surface area contributed by atoms with Gasteiger partial charge in [0.1, 0.15) is 0 Å². The molecule has 1 heteroatoms. The average Bonchev–Trinajstić information content (AvgIpc) is 2.88. The summed E-state index contributed by atoms with van der Waals surface area (Å²) >= 11 is 0. The van der Waals surface area contributed by atoms with Gasteiger partial charge in [0.05, 0.1) is 5.52 Å². The molecule has 0 atom stereocenters. The fourth-order valence-electron chi connectivity index (χ4n) is 3.17. The maximum Gasteiger partial charge on any atom is 0.0537 e. The summed E-state index contributed by atoms with van der Waals surface area (Å²) < 4.78 is 2.32. The molecule has 0 unspecified atom stereocenters. The molecule has 0 aliphatic heterocycles. The van der Waals surface area contributed by atoms with Crippen molar-refractivity contribution in [2.45, 2.75) is 6.92 Å². The zero-order valence-electron chi connectivity index (χ0n) is 12.5. The Bertz CT molecular complexity index is 842. The molecule has 0 saturated heterocycles. The number of hydrogen-bond donors (Lipinski definition) is 0. The third-order valence-corrected chi connectivity index (χ3v) is 4.10. The van der Waals surface area contributed by atoms with E-state index in [1.807, 2.05) is 12.1 Å². The summed E-state index contributed by atoms with van der Waals surface area (Å²) in [6, 6.07) is 30.6. The quantitative estimate of drug-likeness (QED) is 0.463. The van der Waals surface area contributed by atoms with Crippen LogP contribution in [-0.2, 0) is 0 Å². The van der Waals surface area contributed by atoms with Crippen LogP contribution in [-0.4, -0.2) is 4.57 Å². The first-order valence-electron chi connectivity index (χ1n) is 7.49. The van der Waals surface area contributed by atoms with Crippen LogP contribution in [0.1, 0.15) is 5.69 Å². The topological polar surface area (TPSA) is 4.93 Å². The molecule has 4 rings (SSSR count). The second-order valence-corrected chi connectivity index (χ2v) is 5.42. The predicted molar refractivity (Wildman–Crippen MR) is 92.3 cm³/mol. The molecule has 0 amide bonds. The average molecular weight is 282 g/mol. The summed E-state index contributed by atoms with van der Waals surface area (Å²) in [5, 5.41) is 1.27. The molecule has 0 aliphatic carbocycles. The maximum atomic E-state index is 3.37. The van der Waals surface area contributed by atoms with Crippen LogP contribution >= 0.6 is 0 Å². The third-order valence-electron chi connectivity index (χ3n) is 4.10. The van der Waals surface area contributed by atoms with Crippen molar-refractivity contribution >= 4 is 10.9 Å². The highest BCUT2D eigenvalue weighted by Crippen LogP contribution is 2.36. The zero-order chi connectivity index (χ0) is 14.9. The van der Waals surface area contributed by atoms with Gasteiger partial charge in [-0.05, 0) is 36.8 Å². The van der Waals surface area contributed by atoms with E-state index < -0.39 is 0 Å². The molecule has 4 aromatic rings. The normalized spacial score (nSPS) is 11.0. The first kappa shape index (κ1) is 12.9. The number of nitrogens with zero attached hydrogens (tertiary/aromatic N) is 1. The zero-order valence-corrected chi connectivity index (χ0v) is 12.5. The number of hydrogen-bond acceptors (Lipinski definition) is 0. The lowest BCUT2D eigenvalue weighted by molar-refractivity contribution is 1.06.